The summed E-state index contributed by atoms with van der Waals surface area (Å²) < 4.78 is 41.0. The number of alkyl halides is 3. The SMILES string of the molecule is Cc1sc2ccn(Cc3ccc(C(F)(F)F)cc3)c2c1C. The molecule has 3 rings (SSSR count). The summed E-state index contributed by atoms with van der Waals surface area (Å²) in [5.41, 5.74) is 2.68. The zero-order valence-electron chi connectivity index (χ0n) is 11.7. The molecule has 21 heavy (non-hydrogen) atoms. The van der Waals surface area contributed by atoms with Gasteiger partial charge in [0.25, 0.3) is 0 Å². The third kappa shape index (κ3) is 2.58. The molecule has 0 aliphatic carbocycles. The molecule has 5 heteroatoms. The van der Waals surface area contributed by atoms with Gasteiger partial charge in [-0.15, -0.1) is 11.3 Å². The van der Waals surface area contributed by atoms with Crippen molar-refractivity contribution in [2.75, 3.05) is 0 Å². The molecule has 1 nitrogen and oxygen atoms in total. The first-order valence-electron chi connectivity index (χ1n) is 6.57. The van der Waals surface area contributed by atoms with E-state index in [1.54, 1.807) is 23.5 Å². The fourth-order valence-electron chi connectivity index (χ4n) is 2.47. The first-order chi connectivity index (χ1) is 9.86. The minimum atomic E-state index is -4.28. The standard InChI is InChI=1S/C16H14F3NS/c1-10-11(2)21-14-7-8-20(15(10)14)9-12-3-5-13(6-4-12)16(17,18)19/h3-8H,9H2,1-2H3. The smallest absolute Gasteiger partial charge is 0.342 e. The molecule has 0 aliphatic heterocycles. The number of halogens is 3. The Kier molecular flexibility index (Phi) is 3.32. The second-order valence-electron chi connectivity index (χ2n) is 5.13. The minimum absolute atomic E-state index is 0.582. The van der Waals surface area contributed by atoms with Gasteiger partial charge in [0.1, 0.15) is 0 Å². The zero-order chi connectivity index (χ0) is 15.2. The fourth-order valence-corrected chi connectivity index (χ4v) is 3.55. The molecular formula is C16H14F3NS. The van der Waals surface area contributed by atoms with Gasteiger partial charge in [-0.1, -0.05) is 12.1 Å². The van der Waals surface area contributed by atoms with E-state index in [9.17, 15) is 13.2 Å². The molecule has 0 radical (unpaired) electrons. The van der Waals surface area contributed by atoms with Gasteiger partial charge >= 0.3 is 6.18 Å². The van der Waals surface area contributed by atoms with Crippen molar-refractivity contribution in [2.45, 2.75) is 26.6 Å². The van der Waals surface area contributed by atoms with Gasteiger partial charge < -0.3 is 4.57 Å². The molecule has 1 aromatic carbocycles. The Morgan fingerprint density at radius 2 is 1.71 bits per heavy atom. The largest absolute Gasteiger partial charge is 0.416 e. The van der Waals surface area contributed by atoms with Crippen LogP contribution in [0.4, 0.5) is 13.2 Å². The number of fused-ring (bicyclic) bond motifs is 1. The lowest BCUT2D eigenvalue weighted by Crippen LogP contribution is -2.05. The fraction of sp³-hybridized carbons (Fsp3) is 0.250. The van der Waals surface area contributed by atoms with Crippen molar-refractivity contribution in [3.05, 3.63) is 58.1 Å². The van der Waals surface area contributed by atoms with E-state index in [1.807, 2.05) is 6.20 Å². The average Bonchev–Trinajstić information content (AvgIpc) is 2.92. The number of hydrogen-bond acceptors (Lipinski definition) is 1. The molecular weight excluding hydrogens is 295 g/mol. The van der Waals surface area contributed by atoms with Crippen LogP contribution in [-0.2, 0) is 12.7 Å². The molecule has 0 N–H and O–H groups in total. The van der Waals surface area contributed by atoms with Crippen LogP contribution >= 0.6 is 11.3 Å². The number of thiophene rings is 1. The van der Waals surface area contributed by atoms with Crippen LogP contribution in [0.5, 0.6) is 0 Å². The highest BCUT2D eigenvalue weighted by Crippen LogP contribution is 2.32. The van der Waals surface area contributed by atoms with E-state index in [1.165, 1.54) is 20.7 Å². The van der Waals surface area contributed by atoms with Gasteiger partial charge in [-0.05, 0) is 43.2 Å². The molecule has 0 unspecified atom stereocenters. The van der Waals surface area contributed by atoms with Crippen LogP contribution in [0.3, 0.4) is 0 Å². The van der Waals surface area contributed by atoms with Crippen LogP contribution in [0.2, 0.25) is 0 Å². The molecule has 110 valence electrons. The van der Waals surface area contributed by atoms with Crippen molar-refractivity contribution in [3.8, 4) is 0 Å². The number of hydrogen-bond donors (Lipinski definition) is 0. The third-order valence-corrected chi connectivity index (χ3v) is 4.87. The van der Waals surface area contributed by atoms with Crippen molar-refractivity contribution in [3.63, 3.8) is 0 Å². The second-order valence-corrected chi connectivity index (χ2v) is 6.39. The Balaban J connectivity index is 1.92. The summed E-state index contributed by atoms with van der Waals surface area (Å²) in [5, 5.41) is 0. The van der Waals surface area contributed by atoms with Gasteiger partial charge in [-0.3, -0.25) is 0 Å². The number of rotatable bonds is 2. The Morgan fingerprint density at radius 3 is 2.33 bits per heavy atom. The van der Waals surface area contributed by atoms with Crippen molar-refractivity contribution >= 4 is 21.6 Å². The quantitative estimate of drug-likeness (QED) is 0.598. The monoisotopic (exact) mass is 309 g/mol. The predicted octanol–water partition coefficient (Wildman–Crippen LogP) is 5.39. The van der Waals surface area contributed by atoms with Crippen LogP contribution in [0.15, 0.2) is 36.5 Å². The summed E-state index contributed by atoms with van der Waals surface area (Å²) in [6, 6.07) is 7.43. The van der Waals surface area contributed by atoms with E-state index >= 15 is 0 Å². The Labute approximate surface area is 124 Å². The first kappa shape index (κ1) is 14.2. The highest BCUT2D eigenvalue weighted by atomic mass is 32.1. The van der Waals surface area contributed by atoms with E-state index < -0.39 is 11.7 Å². The van der Waals surface area contributed by atoms with Gasteiger partial charge in [0.2, 0.25) is 0 Å². The maximum atomic E-state index is 12.6. The van der Waals surface area contributed by atoms with Crippen LogP contribution < -0.4 is 0 Å². The van der Waals surface area contributed by atoms with Gasteiger partial charge in [0.15, 0.2) is 0 Å². The number of benzene rings is 1. The molecule has 0 fully saturated rings. The average molecular weight is 309 g/mol. The van der Waals surface area contributed by atoms with Gasteiger partial charge in [-0.25, -0.2) is 0 Å². The predicted molar refractivity (Wildman–Crippen MR) is 79.8 cm³/mol. The molecule has 3 aromatic rings. The molecule has 0 saturated heterocycles. The van der Waals surface area contributed by atoms with Crippen molar-refractivity contribution in [2.24, 2.45) is 0 Å². The van der Waals surface area contributed by atoms with Crippen molar-refractivity contribution < 1.29 is 13.2 Å². The van der Waals surface area contributed by atoms with E-state index in [0.29, 0.717) is 6.54 Å². The van der Waals surface area contributed by atoms with Crippen LogP contribution in [0.25, 0.3) is 10.2 Å². The van der Waals surface area contributed by atoms with Crippen LogP contribution in [0, 0.1) is 13.8 Å². The lowest BCUT2D eigenvalue weighted by atomic mass is 10.1. The third-order valence-electron chi connectivity index (χ3n) is 3.71. The molecule has 0 bridgehead atoms. The van der Waals surface area contributed by atoms with E-state index in [2.05, 4.69) is 24.5 Å². The normalized spacial score (nSPS) is 12.2. The van der Waals surface area contributed by atoms with Crippen molar-refractivity contribution in [1.82, 2.24) is 4.57 Å². The molecule has 0 spiro atoms. The van der Waals surface area contributed by atoms with Gasteiger partial charge in [0, 0.05) is 17.6 Å². The molecule has 2 aromatic heterocycles. The summed E-state index contributed by atoms with van der Waals surface area (Å²) in [5.74, 6) is 0. The Bertz CT molecular complexity index is 778. The Hall–Kier alpha value is -1.75. The highest BCUT2D eigenvalue weighted by molar-refractivity contribution is 7.19. The summed E-state index contributed by atoms with van der Waals surface area (Å²) in [6.07, 6.45) is -2.29. The van der Waals surface area contributed by atoms with E-state index in [4.69, 9.17) is 0 Å². The summed E-state index contributed by atoms with van der Waals surface area (Å²) in [4.78, 5) is 1.28. The molecule has 0 amide bonds. The summed E-state index contributed by atoms with van der Waals surface area (Å²) in [6.45, 7) is 4.75. The molecule has 0 saturated carbocycles. The minimum Gasteiger partial charge on any atom is -0.342 e. The van der Waals surface area contributed by atoms with E-state index in [-0.39, 0.29) is 0 Å². The highest BCUT2D eigenvalue weighted by Gasteiger charge is 2.29. The summed E-state index contributed by atoms with van der Waals surface area (Å²) in [7, 11) is 0. The number of aryl methyl sites for hydroxylation is 2. The van der Waals surface area contributed by atoms with Crippen LogP contribution in [0.1, 0.15) is 21.6 Å². The maximum Gasteiger partial charge on any atom is 0.416 e. The number of aromatic nitrogens is 1. The summed E-state index contributed by atoms with van der Waals surface area (Å²) >= 11 is 1.75. The molecule has 0 aliphatic rings. The molecule has 0 atom stereocenters. The topological polar surface area (TPSA) is 4.93 Å². The first-order valence-corrected chi connectivity index (χ1v) is 7.39. The lowest BCUT2D eigenvalue weighted by Gasteiger charge is -2.09. The van der Waals surface area contributed by atoms with Crippen LogP contribution in [-0.4, -0.2) is 4.57 Å². The maximum absolute atomic E-state index is 12.6. The van der Waals surface area contributed by atoms with Gasteiger partial charge in [-0.2, -0.15) is 13.2 Å². The number of nitrogens with zero attached hydrogens (tertiary/aromatic N) is 1. The molecule has 2 heterocycles. The second kappa shape index (κ2) is 4.91. The van der Waals surface area contributed by atoms with Crippen molar-refractivity contribution in [1.29, 1.82) is 0 Å². The van der Waals surface area contributed by atoms with Gasteiger partial charge in [0.05, 0.1) is 15.8 Å². The zero-order valence-corrected chi connectivity index (χ0v) is 12.5. The lowest BCUT2D eigenvalue weighted by molar-refractivity contribution is -0.137. The Morgan fingerprint density at radius 1 is 1.05 bits per heavy atom. The van der Waals surface area contributed by atoms with E-state index in [0.717, 1.165) is 17.7 Å².